The second-order valence-corrected chi connectivity index (χ2v) is 4.66. The van der Waals surface area contributed by atoms with Crippen LogP contribution in [0, 0.1) is 0 Å². The van der Waals surface area contributed by atoms with Crippen LogP contribution in [0.1, 0.15) is 5.56 Å². The van der Waals surface area contributed by atoms with Crippen LogP contribution in [0.2, 0.25) is 0 Å². The van der Waals surface area contributed by atoms with Gasteiger partial charge in [0.15, 0.2) is 0 Å². The van der Waals surface area contributed by atoms with E-state index in [9.17, 15) is 0 Å². The number of halogens is 1. The van der Waals surface area contributed by atoms with E-state index in [4.69, 9.17) is 0 Å². The summed E-state index contributed by atoms with van der Waals surface area (Å²) >= 11 is 0. The molecule has 17 heavy (non-hydrogen) atoms. The molecule has 0 aliphatic heterocycles. The molecule has 2 heteroatoms. The Balaban J connectivity index is 0.00000144. The van der Waals surface area contributed by atoms with Gasteiger partial charge < -0.3 is 24.0 Å². The topological polar surface area (TPSA) is 0 Å². The first kappa shape index (κ1) is 14.2. The molecule has 0 aliphatic carbocycles. The smallest absolute Gasteiger partial charge is 0.132 e. The quantitative estimate of drug-likeness (QED) is 0.563. The second kappa shape index (κ2) is 6.17. The number of para-hydroxylation sites is 1. The summed E-state index contributed by atoms with van der Waals surface area (Å²) in [4.78, 5) is 0. The van der Waals surface area contributed by atoms with Gasteiger partial charge >= 0.3 is 0 Å². The molecule has 0 heterocycles. The van der Waals surface area contributed by atoms with Gasteiger partial charge in [-0.2, -0.15) is 0 Å². The van der Waals surface area contributed by atoms with E-state index in [1.165, 1.54) is 11.3 Å². The van der Waals surface area contributed by atoms with E-state index in [0.29, 0.717) is 0 Å². The van der Waals surface area contributed by atoms with E-state index < -0.39 is 0 Å². The fraction of sp³-hybridized carbons (Fsp3) is 0.200. The Morgan fingerprint density at radius 2 is 1.24 bits per heavy atom. The first-order valence-corrected chi connectivity index (χ1v) is 5.61. The number of hydrogen-bond donors (Lipinski definition) is 0. The molecule has 0 bridgehead atoms. The number of hydrogen-bond acceptors (Lipinski definition) is 0. The van der Waals surface area contributed by atoms with Gasteiger partial charge in [-0.05, 0) is 12.1 Å². The molecular weight excluding hydrogens is 321 g/mol. The Morgan fingerprint density at radius 1 is 0.765 bits per heavy atom. The molecule has 0 unspecified atom stereocenters. The zero-order valence-corrected chi connectivity index (χ0v) is 12.5. The first-order valence-electron chi connectivity index (χ1n) is 5.61. The van der Waals surface area contributed by atoms with Crippen LogP contribution in [0.4, 0.5) is 5.69 Å². The minimum Gasteiger partial charge on any atom is -1.00 e. The zero-order chi connectivity index (χ0) is 11.4. The fourth-order valence-electron chi connectivity index (χ4n) is 1.96. The van der Waals surface area contributed by atoms with Crippen molar-refractivity contribution in [2.75, 3.05) is 14.1 Å². The van der Waals surface area contributed by atoms with Crippen LogP contribution in [0.25, 0.3) is 0 Å². The predicted molar refractivity (Wildman–Crippen MR) is 70.2 cm³/mol. The molecule has 1 nitrogen and oxygen atoms in total. The second-order valence-electron chi connectivity index (χ2n) is 4.66. The SMILES string of the molecule is C[N+](C)(Cc1ccccc1)c1ccccc1.[I-]. The lowest BCUT2D eigenvalue weighted by molar-refractivity contribution is -0.00000350. The third-order valence-electron chi connectivity index (χ3n) is 2.88. The highest BCUT2D eigenvalue weighted by molar-refractivity contribution is 5.41. The molecule has 0 aliphatic rings. The van der Waals surface area contributed by atoms with Crippen molar-refractivity contribution in [3.63, 3.8) is 0 Å². The maximum Gasteiger partial charge on any atom is 0.132 e. The van der Waals surface area contributed by atoms with Crippen LogP contribution < -0.4 is 28.5 Å². The van der Waals surface area contributed by atoms with Crippen molar-refractivity contribution in [1.29, 1.82) is 0 Å². The fourth-order valence-corrected chi connectivity index (χ4v) is 1.96. The van der Waals surface area contributed by atoms with E-state index in [0.717, 1.165) is 11.0 Å². The maximum absolute atomic E-state index is 2.24. The molecule has 0 fully saturated rings. The summed E-state index contributed by atoms with van der Waals surface area (Å²) in [5.41, 5.74) is 2.71. The Kier molecular flexibility index (Phi) is 5.15. The van der Waals surface area contributed by atoms with Crippen molar-refractivity contribution in [2.45, 2.75) is 6.54 Å². The number of quaternary nitrogens is 1. The van der Waals surface area contributed by atoms with Gasteiger partial charge in [-0.15, -0.1) is 0 Å². The molecule has 2 rings (SSSR count). The van der Waals surface area contributed by atoms with E-state index in [2.05, 4.69) is 74.8 Å². The number of nitrogens with zero attached hydrogens (tertiary/aromatic N) is 1. The van der Waals surface area contributed by atoms with Crippen LogP contribution in [0.3, 0.4) is 0 Å². The normalized spacial score (nSPS) is 10.7. The highest BCUT2D eigenvalue weighted by Gasteiger charge is 2.18. The molecule has 0 spiro atoms. The zero-order valence-electron chi connectivity index (χ0n) is 10.3. The van der Waals surface area contributed by atoms with Crippen LogP contribution in [-0.2, 0) is 6.54 Å². The van der Waals surface area contributed by atoms with Gasteiger partial charge in [0, 0.05) is 5.56 Å². The van der Waals surface area contributed by atoms with Gasteiger partial charge in [-0.1, -0.05) is 48.5 Å². The summed E-state index contributed by atoms with van der Waals surface area (Å²) < 4.78 is 0.880. The molecule has 90 valence electrons. The summed E-state index contributed by atoms with van der Waals surface area (Å²) in [5, 5.41) is 0. The van der Waals surface area contributed by atoms with Gasteiger partial charge in [0.25, 0.3) is 0 Å². The highest BCUT2D eigenvalue weighted by atomic mass is 127. The van der Waals surface area contributed by atoms with E-state index in [1.807, 2.05) is 0 Å². The third kappa shape index (κ3) is 3.82. The van der Waals surface area contributed by atoms with Gasteiger partial charge in [-0.25, -0.2) is 0 Å². The average molecular weight is 339 g/mol. The van der Waals surface area contributed by atoms with Crippen molar-refractivity contribution in [1.82, 2.24) is 4.48 Å². The average Bonchev–Trinajstić information content (AvgIpc) is 2.31. The molecule has 0 saturated carbocycles. The standard InChI is InChI=1S/C15H18N.HI/c1-16(2,15-11-7-4-8-12-15)13-14-9-5-3-6-10-14;/h3-12H,13H2,1-2H3;1H/q+1;/p-1. The van der Waals surface area contributed by atoms with Crippen LogP contribution in [0.15, 0.2) is 60.7 Å². The van der Waals surface area contributed by atoms with Gasteiger partial charge in [0.2, 0.25) is 0 Å². The lowest BCUT2D eigenvalue weighted by atomic mass is 10.2. The Morgan fingerprint density at radius 3 is 1.76 bits per heavy atom. The molecule has 0 aromatic heterocycles. The van der Waals surface area contributed by atoms with E-state index in [1.54, 1.807) is 0 Å². The Bertz CT molecular complexity index is 437. The Hall–Kier alpha value is -0.870. The molecular formula is C15H18IN. The molecule has 0 amide bonds. The first-order chi connectivity index (χ1) is 7.68. The molecule has 2 aromatic rings. The summed E-state index contributed by atoms with van der Waals surface area (Å²) in [6.45, 7) is 1.02. The van der Waals surface area contributed by atoms with E-state index in [-0.39, 0.29) is 24.0 Å². The molecule has 0 atom stereocenters. The summed E-state index contributed by atoms with van der Waals surface area (Å²) in [6, 6.07) is 21.2. The van der Waals surface area contributed by atoms with Crippen molar-refractivity contribution >= 4 is 5.69 Å². The summed E-state index contributed by atoms with van der Waals surface area (Å²) in [5.74, 6) is 0. The van der Waals surface area contributed by atoms with Crippen molar-refractivity contribution in [3.05, 3.63) is 66.2 Å². The minimum absolute atomic E-state index is 0. The van der Waals surface area contributed by atoms with Gasteiger partial charge in [0.1, 0.15) is 12.2 Å². The van der Waals surface area contributed by atoms with Crippen LogP contribution in [0.5, 0.6) is 0 Å². The molecule has 2 aromatic carbocycles. The van der Waals surface area contributed by atoms with E-state index >= 15 is 0 Å². The third-order valence-corrected chi connectivity index (χ3v) is 2.88. The lowest BCUT2D eigenvalue weighted by Gasteiger charge is -2.29. The van der Waals surface area contributed by atoms with Gasteiger partial charge in [-0.3, -0.25) is 4.48 Å². The van der Waals surface area contributed by atoms with Crippen LogP contribution in [-0.4, -0.2) is 14.1 Å². The number of rotatable bonds is 3. The van der Waals surface area contributed by atoms with Crippen LogP contribution >= 0.6 is 0 Å². The van der Waals surface area contributed by atoms with Gasteiger partial charge in [0.05, 0.1) is 14.1 Å². The lowest BCUT2D eigenvalue weighted by Crippen LogP contribution is -3.00. The maximum atomic E-state index is 2.24. The minimum atomic E-state index is 0. The summed E-state index contributed by atoms with van der Waals surface area (Å²) in [7, 11) is 4.48. The van der Waals surface area contributed by atoms with Crippen molar-refractivity contribution < 1.29 is 24.0 Å². The largest absolute Gasteiger partial charge is 1.00 e. The summed E-state index contributed by atoms with van der Waals surface area (Å²) in [6.07, 6.45) is 0. The molecule has 0 saturated heterocycles. The van der Waals surface area contributed by atoms with Crippen molar-refractivity contribution in [2.24, 2.45) is 0 Å². The predicted octanol–water partition coefficient (Wildman–Crippen LogP) is 0.458. The highest BCUT2D eigenvalue weighted by Crippen LogP contribution is 2.21. The Labute approximate surface area is 121 Å². The molecule has 0 N–H and O–H groups in total. The molecule has 0 radical (unpaired) electrons. The van der Waals surface area contributed by atoms with Crippen molar-refractivity contribution in [3.8, 4) is 0 Å². The monoisotopic (exact) mass is 339 g/mol. The number of benzene rings is 2.